The topological polar surface area (TPSA) is 55.5 Å². The number of ether oxygens (including phenoxy) is 1. The molecule has 0 fully saturated rings. The van der Waals surface area contributed by atoms with Crippen LogP contribution in [0.5, 0.6) is 5.75 Å². The first-order valence-corrected chi connectivity index (χ1v) is 6.89. The normalized spacial score (nSPS) is 12.2. The maximum absolute atomic E-state index is 9.01. The van der Waals surface area contributed by atoms with Gasteiger partial charge in [-0.15, -0.1) is 0 Å². The Morgan fingerprint density at radius 2 is 1.80 bits per heavy atom. The van der Waals surface area contributed by atoms with Crippen LogP contribution in [0.25, 0.3) is 0 Å². The van der Waals surface area contributed by atoms with Gasteiger partial charge in [0, 0.05) is 5.02 Å². The van der Waals surface area contributed by atoms with Crippen molar-refractivity contribution in [3.8, 4) is 5.75 Å². The van der Waals surface area contributed by atoms with Gasteiger partial charge in [0.25, 0.3) is 0 Å². The number of halogens is 2. The first-order chi connectivity index (χ1) is 9.60. The Kier molecular flexibility index (Phi) is 5.26. The number of hydrogen-bond acceptors (Lipinski definition) is 3. The molecule has 0 heterocycles. The third-order valence-corrected chi connectivity index (χ3v) is 3.44. The molecule has 0 unspecified atom stereocenters. The van der Waals surface area contributed by atoms with E-state index >= 15 is 0 Å². The van der Waals surface area contributed by atoms with Gasteiger partial charge in [0.2, 0.25) is 0 Å². The summed E-state index contributed by atoms with van der Waals surface area (Å²) < 4.78 is 5.65. The zero-order valence-electron chi connectivity index (χ0n) is 10.7. The molecule has 0 bridgehead atoms. The fourth-order valence-electron chi connectivity index (χ4n) is 1.71. The molecule has 0 aliphatic heterocycles. The molecule has 5 heteroatoms. The molecule has 0 saturated carbocycles. The lowest BCUT2D eigenvalue weighted by Gasteiger charge is -2.12. The highest BCUT2D eigenvalue weighted by atomic mass is 35.5. The first kappa shape index (κ1) is 15.1. The summed E-state index contributed by atoms with van der Waals surface area (Å²) in [6.45, 7) is 0.281. The summed E-state index contributed by atoms with van der Waals surface area (Å²) in [5.41, 5.74) is 7.51. The van der Waals surface area contributed by atoms with Gasteiger partial charge in [0.15, 0.2) is 0 Å². The predicted molar refractivity (Wildman–Crippen MR) is 81.3 cm³/mol. The average molecular weight is 312 g/mol. The number of rotatable bonds is 5. The van der Waals surface area contributed by atoms with Gasteiger partial charge in [0.05, 0.1) is 17.7 Å². The number of hydrogen-bond donors (Lipinski definition) is 2. The highest BCUT2D eigenvalue weighted by Crippen LogP contribution is 2.28. The van der Waals surface area contributed by atoms with E-state index in [-0.39, 0.29) is 6.61 Å². The minimum atomic E-state index is -0.433. The van der Waals surface area contributed by atoms with Gasteiger partial charge in [-0.05, 0) is 35.4 Å². The minimum Gasteiger partial charge on any atom is -0.487 e. The standard InChI is InChI=1S/C15H15Cl2NO2/c16-12-4-1-10(2-5-12)9-20-15-6-3-11(7-13(15)17)14(18)8-19/h1-7,14,19H,8-9,18H2/t14-/m0/s1. The van der Waals surface area contributed by atoms with E-state index in [1.807, 2.05) is 24.3 Å². The van der Waals surface area contributed by atoms with Crippen molar-refractivity contribution >= 4 is 23.2 Å². The lowest BCUT2D eigenvalue weighted by atomic mass is 10.1. The highest BCUT2D eigenvalue weighted by Gasteiger charge is 2.08. The van der Waals surface area contributed by atoms with E-state index in [2.05, 4.69) is 0 Å². The Morgan fingerprint density at radius 3 is 2.40 bits per heavy atom. The molecular formula is C15H15Cl2NO2. The van der Waals surface area contributed by atoms with Crippen LogP contribution in [-0.2, 0) is 6.61 Å². The highest BCUT2D eigenvalue weighted by molar-refractivity contribution is 6.32. The van der Waals surface area contributed by atoms with Crippen LogP contribution in [0.3, 0.4) is 0 Å². The first-order valence-electron chi connectivity index (χ1n) is 6.13. The average Bonchev–Trinajstić information content (AvgIpc) is 2.46. The molecule has 0 aromatic heterocycles. The van der Waals surface area contributed by atoms with Crippen molar-refractivity contribution in [3.63, 3.8) is 0 Å². The Morgan fingerprint density at radius 1 is 1.10 bits per heavy atom. The molecule has 2 rings (SSSR count). The summed E-state index contributed by atoms with van der Waals surface area (Å²) in [6.07, 6.45) is 0. The van der Waals surface area contributed by atoms with E-state index in [9.17, 15) is 0 Å². The molecule has 0 aliphatic rings. The molecule has 3 nitrogen and oxygen atoms in total. The summed E-state index contributed by atoms with van der Waals surface area (Å²) >= 11 is 12.0. The van der Waals surface area contributed by atoms with E-state index in [1.165, 1.54) is 0 Å². The molecule has 2 aromatic rings. The fraction of sp³-hybridized carbons (Fsp3) is 0.200. The van der Waals surface area contributed by atoms with Crippen molar-refractivity contribution in [1.82, 2.24) is 0 Å². The third kappa shape index (κ3) is 3.87. The number of benzene rings is 2. The van der Waals surface area contributed by atoms with Crippen LogP contribution in [0.2, 0.25) is 10.0 Å². The van der Waals surface area contributed by atoms with Gasteiger partial charge in [-0.2, -0.15) is 0 Å². The van der Waals surface area contributed by atoms with Gasteiger partial charge in [-0.1, -0.05) is 41.4 Å². The second-order valence-corrected chi connectivity index (χ2v) is 5.24. The van der Waals surface area contributed by atoms with E-state index in [0.29, 0.717) is 22.4 Å². The molecular weight excluding hydrogens is 297 g/mol. The second-order valence-electron chi connectivity index (χ2n) is 4.39. The molecule has 0 spiro atoms. The van der Waals surface area contributed by atoms with Gasteiger partial charge >= 0.3 is 0 Å². The maximum Gasteiger partial charge on any atom is 0.138 e. The summed E-state index contributed by atoms with van der Waals surface area (Å²) in [4.78, 5) is 0. The lowest BCUT2D eigenvalue weighted by Crippen LogP contribution is -2.14. The molecule has 106 valence electrons. The van der Waals surface area contributed by atoms with E-state index in [4.69, 9.17) is 38.8 Å². The van der Waals surface area contributed by atoms with E-state index < -0.39 is 6.04 Å². The van der Waals surface area contributed by atoms with Crippen LogP contribution in [0.4, 0.5) is 0 Å². The van der Waals surface area contributed by atoms with Crippen molar-refractivity contribution in [2.24, 2.45) is 5.73 Å². The Hall–Kier alpha value is -1.26. The fourth-order valence-corrected chi connectivity index (χ4v) is 2.08. The third-order valence-electron chi connectivity index (χ3n) is 2.89. The van der Waals surface area contributed by atoms with Crippen LogP contribution in [0.15, 0.2) is 42.5 Å². The van der Waals surface area contributed by atoms with Gasteiger partial charge in [0.1, 0.15) is 12.4 Å². The van der Waals surface area contributed by atoms with Crippen molar-refractivity contribution in [2.45, 2.75) is 12.6 Å². The molecule has 1 atom stereocenters. The number of nitrogens with two attached hydrogens (primary N) is 1. The summed E-state index contributed by atoms with van der Waals surface area (Å²) in [5, 5.41) is 10.2. The zero-order chi connectivity index (χ0) is 14.5. The second kappa shape index (κ2) is 6.95. The van der Waals surface area contributed by atoms with Gasteiger partial charge in [-0.25, -0.2) is 0 Å². The van der Waals surface area contributed by atoms with E-state index in [1.54, 1.807) is 18.2 Å². The summed E-state index contributed by atoms with van der Waals surface area (Å²) in [5.74, 6) is 0.579. The van der Waals surface area contributed by atoms with Gasteiger partial charge in [-0.3, -0.25) is 0 Å². The zero-order valence-corrected chi connectivity index (χ0v) is 12.2. The van der Waals surface area contributed by atoms with Crippen LogP contribution < -0.4 is 10.5 Å². The predicted octanol–water partition coefficient (Wildman–Crippen LogP) is 3.56. The van der Waals surface area contributed by atoms with Gasteiger partial charge < -0.3 is 15.6 Å². The number of aliphatic hydroxyl groups excluding tert-OH is 1. The maximum atomic E-state index is 9.01. The van der Waals surface area contributed by atoms with Crippen molar-refractivity contribution in [2.75, 3.05) is 6.61 Å². The van der Waals surface area contributed by atoms with Crippen molar-refractivity contribution < 1.29 is 9.84 Å². The molecule has 0 saturated heterocycles. The molecule has 20 heavy (non-hydrogen) atoms. The Labute approximate surface area is 127 Å². The van der Waals surface area contributed by atoms with Crippen LogP contribution in [0.1, 0.15) is 17.2 Å². The smallest absolute Gasteiger partial charge is 0.138 e. The monoisotopic (exact) mass is 311 g/mol. The summed E-state index contributed by atoms with van der Waals surface area (Å²) in [6, 6.07) is 12.2. The lowest BCUT2D eigenvalue weighted by molar-refractivity contribution is 0.267. The van der Waals surface area contributed by atoms with Crippen molar-refractivity contribution in [1.29, 1.82) is 0 Å². The van der Waals surface area contributed by atoms with Crippen LogP contribution in [-0.4, -0.2) is 11.7 Å². The van der Waals surface area contributed by atoms with E-state index in [0.717, 1.165) is 11.1 Å². The molecule has 0 aliphatic carbocycles. The molecule has 3 N–H and O–H groups in total. The Bertz CT molecular complexity index is 573. The van der Waals surface area contributed by atoms with Crippen molar-refractivity contribution in [3.05, 3.63) is 63.6 Å². The molecule has 0 amide bonds. The SMILES string of the molecule is N[C@@H](CO)c1ccc(OCc2ccc(Cl)cc2)c(Cl)c1. The number of aliphatic hydroxyl groups is 1. The minimum absolute atomic E-state index is 0.124. The quantitative estimate of drug-likeness (QED) is 0.887. The van der Waals surface area contributed by atoms with Crippen LogP contribution in [0, 0.1) is 0 Å². The van der Waals surface area contributed by atoms with Crippen LogP contribution >= 0.6 is 23.2 Å². The Balaban J connectivity index is 2.04. The molecule has 2 aromatic carbocycles. The largest absolute Gasteiger partial charge is 0.487 e. The molecule has 0 radical (unpaired) electrons. The summed E-state index contributed by atoms with van der Waals surface area (Å²) in [7, 11) is 0.